The second-order valence-electron chi connectivity index (χ2n) is 5.57. The first-order valence-corrected chi connectivity index (χ1v) is 7.84. The van der Waals surface area contributed by atoms with Gasteiger partial charge in [0.2, 0.25) is 0 Å². The molecule has 1 amide bonds. The Hall–Kier alpha value is -3.03. The first-order valence-electron chi connectivity index (χ1n) is 7.84. The molecule has 0 spiro atoms. The molecule has 3 rings (SSSR count). The van der Waals surface area contributed by atoms with E-state index in [4.69, 9.17) is 14.2 Å². The zero-order chi connectivity index (χ0) is 17.8. The molecule has 1 aliphatic rings. The first-order chi connectivity index (χ1) is 12.1. The molecular weight excluding hydrogens is 326 g/mol. The van der Waals surface area contributed by atoms with Crippen LogP contribution in [0.25, 0.3) is 0 Å². The van der Waals surface area contributed by atoms with E-state index in [2.05, 4.69) is 10.3 Å². The summed E-state index contributed by atoms with van der Waals surface area (Å²) in [5.41, 5.74) is 0.884. The van der Waals surface area contributed by atoms with E-state index < -0.39 is 17.9 Å². The Bertz CT molecular complexity index is 786. The molecule has 132 valence electrons. The highest BCUT2D eigenvalue weighted by atomic mass is 16.5. The van der Waals surface area contributed by atoms with Gasteiger partial charge >= 0.3 is 5.97 Å². The van der Waals surface area contributed by atoms with Crippen molar-refractivity contribution in [3.05, 3.63) is 42.0 Å². The molecule has 8 nitrogen and oxygen atoms in total. The van der Waals surface area contributed by atoms with Gasteiger partial charge in [-0.25, -0.2) is 9.78 Å². The zero-order valence-electron chi connectivity index (χ0n) is 14.0. The van der Waals surface area contributed by atoms with Crippen LogP contribution in [0.1, 0.15) is 28.5 Å². The molecule has 0 bridgehead atoms. The number of methoxy groups -OCH3 is 1. The lowest BCUT2D eigenvalue weighted by Crippen LogP contribution is -2.35. The summed E-state index contributed by atoms with van der Waals surface area (Å²) in [6.07, 6.45) is 3.84. The molecule has 1 aromatic carbocycles. The molecule has 1 aromatic heterocycles. The largest absolute Gasteiger partial charge is 0.490 e. The Kier molecular flexibility index (Phi) is 4.87. The molecule has 1 aliphatic heterocycles. The van der Waals surface area contributed by atoms with Crippen LogP contribution in [0.3, 0.4) is 0 Å². The van der Waals surface area contributed by atoms with Crippen LogP contribution in [-0.4, -0.2) is 41.8 Å². The van der Waals surface area contributed by atoms with Crippen LogP contribution in [0.2, 0.25) is 0 Å². The van der Waals surface area contributed by atoms with Crippen molar-refractivity contribution in [1.29, 1.82) is 0 Å². The number of hydrogen-bond donors (Lipinski definition) is 1. The van der Waals surface area contributed by atoms with Crippen molar-refractivity contribution in [2.75, 3.05) is 20.3 Å². The van der Waals surface area contributed by atoms with E-state index in [1.54, 1.807) is 36.1 Å². The Morgan fingerprint density at radius 3 is 2.72 bits per heavy atom. The Morgan fingerprint density at radius 2 is 2.04 bits per heavy atom. The van der Waals surface area contributed by atoms with Gasteiger partial charge in [0.1, 0.15) is 0 Å². The molecule has 1 atom stereocenters. The summed E-state index contributed by atoms with van der Waals surface area (Å²) >= 11 is 0. The van der Waals surface area contributed by atoms with E-state index in [1.165, 1.54) is 13.3 Å². The number of imidazole rings is 1. The van der Waals surface area contributed by atoms with E-state index in [-0.39, 0.29) is 0 Å². The maximum atomic E-state index is 12.6. The van der Waals surface area contributed by atoms with Gasteiger partial charge in [0.15, 0.2) is 17.5 Å². The third-order valence-electron chi connectivity index (χ3n) is 3.87. The van der Waals surface area contributed by atoms with Gasteiger partial charge < -0.3 is 24.1 Å². The Balaban J connectivity index is 1.83. The summed E-state index contributed by atoms with van der Waals surface area (Å²) in [6, 6.07) is 3.96. The SMILES string of the molecule is COC(=O)[C@@H](NC(=O)c1ccc2c(c1)OCCCO2)c1cncn1C. The summed E-state index contributed by atoms with van der Waals surface area (Å²) in [5.74, 6) is 0.115. The van der Waals surface area contributed by atoms with Crippen LogP contribution >= 0.6 is 0 Å². The van der Waals surface area contributed by atoms with Crippen LogP contribution in [0.4, 0.5) is 0 Å². The summed E-state index contributed by atoms with van der Waals surface area (Å²) in [6.45, 7) is 1.10. The smallest absolute Gasteiger partial charge is 0.334 e. The number of amides is 1. The molecule has 8 heteroatoms. The monoisotopic (exact) mass is 345 g/mol. The standard InChI is InChI=1S/C17H19N3O5/c1-20-10-18-9-12(20)15(17(22)23-2)19-16(21)11-4-5-13-14(8-11)25-7-3-6-24-13/h4-5,8-10,15H,3,6-7H2,1-2H3,(H,19,21)/t15-/m0/s1. The molecule has 0 unspecified atom stereocenters. The van der Waals surface area contributed by atoms with E-state index >= 15 is 0 Å². The number of benzene rings is 1. The van der Waals surface area contributed by atoms with Gasteiger partial charge in [0, 0.05) is 19.0 Å². The molecular formula is C17H19N3O5. The molecule has 25 heavy (non-hydrogen) atoms. The molecule has 0 saturated carbocycles. The minimum Gasteiger partial charge on any atom is -0.490 e. The molecule has 0 radical (unpaired) electrons. The van der Waals surface area contributed by atoms with Crippen molar-refractivity contribution in [3.63, 3.8) is 0 Å². The van der Waals surface area contributed by atoms with E-state index in [0.717, 1.165) is 6.42 Å². The number of aryl methyl sites for hydroxylation is 1. The van der Waals surface area contributed by atoms with Gasteiger partial charge in [0.05, 0.1) is 38.5 Å². The fourth-order valence-corrected chi connectivity index (χ4v) is 2.54. The van der Waals surface area contributed by atoms with Gasteiger partial charge in [0.25, 0.3) is 5.91 Å². The highest BCUT2D eigenvalue weighted by molar-refractivity contribution is 5.97. The van der Waals surface area contributed by atoms with Crippen LogP contribution in [-0.2, 0) is 16.6 Å². The third kappa shape index (κ3) is 3.57. The number of carbonyl (C=O) groups excluding carboxylic acids is 2. The molecule has 1 N–H and O–H groups in total. The number of fused-ring (bicyclic) bond motifs is 1. The summed E-state index contributed by atoms with van der Waals surface area (Å²) < 4.78 is 17.6. The highest BCUT2D eigenvalue weighted by Crippen LogP contribution is 2.30. The fourth-order valence-electron chi connectivity index (χ4n) is 2.54. The number of hydrogen-bond acceptors (Lipinski definition) is 6. The Labute approximate surface area is 144 Å². The van der Waals surface area contributed by atoms with Crippen molar-refractivity contribution in [2.24, 2.45) is 7.05 Å². The van der Waals surface area contributed by atoms with Crippen LogP contribution < -0.4 is 14.8 Å². The van der Waals surface area contributed by atoms with Crippen LogP contribution in [0.15, 0.2) is 30.7 Å². The average Bonchev–Trinajstić information content (AvgIpc) is 2.91. The number of nitrogens with zero attached hydrogens (tertiary/aromatic N) is 2. The number of ether oxygens (including phenoxy) is 3. The maximum absolute atomic E-state index is 12.6. The van der Waals surface area contributed by atoms with Gasteiger partial charge in [-0.2, -0.15) is 0 Å². The van der Waals surface area contributed by atoms with E-state index in [0.29, 0.717) is 36.0 Å². The average molecular weight is 345 g/mol. The second kappa shape index (κ2) is 7.25. The summed E-state index contributed by atoms with van der Waals surface area (Å²) in [4.78, 5) is 28.7. The number of nitrogens with one attached hydrogen (secondary N) is 1. The predicted octanol–water partition coefficient (Wildman–Crippen LogP) is 1.23. The summed E-state index contributed by atoms with van der Waals surface area (Å²) in [7, 11) is 3.00. The van der Waals surface area contributed by atoms with E-state index in [1.807, 2.05) is 0 Å². The maximum Gasteiger partial charge on any atom is 0.334 e. The lowest BCUT2D eigenvalue weighted by molar-refractivity contribution is -0.143. The first kappa shape index (κ1) is 16.8. The molecule has 2 heterocycles. The second-order valence-corrected chi connectivity index (χ2v) is 5.57. The van der Waals surface area contributed by atoms with Gasteiger partial charge in [-0.3, -0.25) is 4.79 Å². The third-order valence-corrected chi connectivity index (χ3v) is 3.87. The fraction of sp³-hybridized carbons (Fsp3) is 0.353. The van der Waals surface area contributed by atoms with E-state index in [9.17, 15) is 9.59 Å². The minimum atomic E-state index is -0.957. The number of esters is 1. The quantitative estimate of drug-likeness (QED) is 0.838. The van der Waals surface area contributed by atoms with Crippen molar-refractivity contribution >= 4 is 11.9 Å². The van der Waals surface area contributed by atoms with Crippen molar-refractivity contribution in [1.82, 2.24) is 14.9 Å². The van der Waals surface area contributed by atoms with Crippen LogP contribution in [0, 0.1) is 0 Å². The van der Waals surface area contributed by atoms with Gasteiger partial charge in [-0.05, 0) is 18.2 Å². The van der Waals surface area contributed by atoms with Gasteiger partial charge in [-0.1, -0.05) is 0 Å². The minimum absolute atomic E-state index is 0.361. The van der Waals surface area contributed by atoms with Crippen molar-refractivity contribution in [3.8, 4) is 11.5 Å². The zero-order valence-corrected chi connectivity index (χ0v) is 14.0. The van der Waals surface area contributed by atoms with Crippen LogP contribution in [0.5, 0.6) is 11.5 Å². The summed E-state index contributed by atoms with van der Waals surface area (Å²) in [5, 5.41) is 2.68. The predicted molar refractivity (Wildman–Crippen MR) is 87.5 cm³/mol. The number of carbonyl (C=O) groups is 2. The normalized spacial score (nSPS) is 14.3. The number of rotatable bonds is 4. The molecule has 2 aromatic rings. The lowest BCUT2D eigenvalue weighted by atomic mass is 10.1. The topological polar surface area (TPSA) is 91.7 Å². The molecule has 0 fully saturated rings. The Morgan fingerprint density at radius 1 is 1.28 bits per heavy atom. The number of aromatic nitrogens is 2. The van der Waals surface area contributed by atoms with Gasteiger partial charge in [-0.15, -0.1) is 0 Å². The highest BCUT2D eigenvalue weighted by Gasteiger charge is 2.27. The molecule has 0 saturated heterocycles. The molecule has 0 aliphatic carbocycles. The van der Waals surface area contributed by atoms with Crippen molar-refractivity contribution in [2.45, 2.75) is 12.5 Å². The lowest BCUT2D eigenvalue weighted by Gasteiger charge is -2.17. The van der Waals surface area contributed by atoms with Crippen molar-refractivity contribution < 1.29 is 23.8 Å².